The van der Waals surface area contributed by atoms with Gasteiger partial charge in [0.2, 0.25) is 0 Å². The molecule has 19 heavy (non-hydrogen) atoms. The van der Waals surface area contributed by atoms with E-state index in [0.717, 1.165) is 0 Å². The molecule has 0 aliphatic heterocycles. The number of aromatic nitrogens is 2. The smallest absolute Gasteiger partial charge is 0.152 e. The predicted molar refractivity (Wildman–Crippen MR) is 86.7 cm³/mol. The number of hydrogen-bond donors (Lipinski definition) is 0. The Labute approximate surface area is 120 Å². The molecule has 1 heterocycles. The van der Waals surface area contributed by atoms with Gasteiger partial charge < -0.3 is 8.44 Å². The van der Waals surface area contributed by atoms with Gasteiger partial charge in [-0.3, -0.25) is 0 Å². The maximum atomic E-state index is 3.08. The van der Waals surface area contributed by atoms with Crippen LogP contribution < -0.4 is 4.22 Å². The van der Waals surface area contributed by atoms with Gasteiger partial charge in [0, 0.05) is 16.6 Å². The molecule has 1 unspecified atom stereocenters. The van der Waals surface area contributed by atoms with Gasteiger partial charge in [-0.2, -0.15) is 0 Å². The lowest BCUT2D eigenvalue weighted by molar-refractivity contribution is -0.711. The molecule has 0 radical (unpaired) electrons. The highest BCUT2D eigenvalue weighted by Crippen LogP contribution is 2.28. The summed E-state index contributed by atoms with van der Waals surface area (Å²) in [6.07, 6.45) is 0. The molecule has 4 heteroatoms. The second-order valence-corrected chi connectivity index (χ2v) is 10.2. The van der Waals surface area contributed by atoms with Crippen LogP contribution in [0.3, 0.4) is 0 Å². The Balaban J connectivity index is 2.68. The monoisotopic (exact) mass is 292 g/mol. The highest BCUT2D eigenvalue weighted by Gasteiger charge is 2.29. The van der Waals surface area contributed by atoms with Crippen molar-refractivity contribution < 1.29 is 4.22 Å². The summed E-state index contributed by atoms with van der Waals surface area (Å²) < 4.78 is 5.17. The Bertz CT molecular complexity index is 538. The SMILES string of the molecule is CC(C)(C)n1c(-c2ccccc2)[n+](C(C)(C)C)[si-]1P. The third-order valence-corrected chi connectivity index (χ3v) is 7.49. The number of hydrogen-bond acceptors (Lipinski definition) is 0. The highest BCUT2D eigenvalue weighted by atomic mass is 31.3. The second-order valence-electron chi connectivity index (χ2n) is 7.06. The molecule has 0 aliphatic rings. The summed E-state index contributed by atoms with van der Waals surface area (Å²) >= 11 is 0. The van der Waals surface area contributed by atoms with Crippen LogP contribution in [0.1, 0.15) is 41.5 Å². The van der Waals surface area contributed by atoms with Crippen molar-refractivity contribution in [3.05, 3.63) is 30.3 Å². The molecule has 0 saturated carbocycles. The molecule has 0 amide bonds. The van der Waals surface area contributed by atoms with E-state index in [1.54, 1.807) is 0 Å². The van der Waals surface area contributed by atoms with Gasteiger partial charge in [-0.25, -0.2) is 8.79 Å². The van der Waals surface area contributed by atoms with Gasteiger partial charge >= 0.3 is 0 Å². The molecule has 2 nitrogen and oxygen atoms in total. The Hall–Kier alpha value is -0.663. The molecule has 0 fully saturated rings. The molecule has 1 aromatic carbocycles. The largest absolute Gasteiger partial charge is 0.426 e. The van der Waals surface area contributed by atoms with Crippen LogP contribution in [0.4, 0.5) is 0 Å². The average Bonchev–Trinajstić information content (AvgIpc) is 2.22. The van der Waals surface area contributed by atoms with Crippen LogP contribution in [0.5, 0.6) is 0 Å². The van der Waals surface area contributed by atoms with Crippen LogP contribution in [0.25, 0.3) is 11.4 Å². The maximum Gasteiger partial charge on any atom is 0.152 e. The van der Waals surface area contributed by atoms with Crippen molar-refractivity contribution >= 4 is 17.2 Å². The first kappa shape index (κ1) is 14.7. The molecule has 1 aromatic heterocycles. The first-order valence-corrected chi connectivity index (χ1v) is 9.99. The van der Waals surface area contributed by atoms with Crippen LogP contribution in [0.15, 0.2) is 30.3 Å². The van der Waals surface area contributed by atoms with E-state index in [1.807, 2.05) is 0 Å². The van der Waals surface area contributed by atoms with Gasteiger partial charge in [-0.1, -0.05) is 18.2 Å². The van der Waals surface area contributed by atoms with Gasteiger partial charge in [0.25, 0.3) is 0 Å². The van der Waals surface area contributed by atoms with Crippen LogP contribution in [-0.4, -0.2) is 12.6 Å². The van der Waals surface area contributed by atoms with Crippen LogP contribution in [0, 0.1) is 0 Å². The topological polar surface area (TPSA) is 8.81 Å². The molecule has 0 N–H and O–H groups in total. The summed E-state index contributed by atoms with van der Waals surface area (Å²) in [5.41, 5.74) is 1.66. The summed E-state index contributed by atoms with van der Waals surface area (Å²) in [7, 11) is 2.35. The lowest BCUT2D eigenvalue weighted by Gasteiger charge is -2.47. The standard InChI is InChI=1S/C15H25N2PSi/c1-14(2,3)16-13(12-10-8-7-9-11-12)17(19(16)18)15(4,5)6/h7-11H,18H2,1-6H3. The molecule has 0 bridgehead atoms. The van der Waals surface area contributed by atoms with Crippen LogP contribution >= 0.6 is 8.79 Å². The summed E-state index contributed by atoms with van der Waals surface area (Å²) in [5, 5.41) is 0. The Morgan fingerprint density at radius 3 is 1.95 bits per heavy atom. The Kier molecular flexibility index (Phi) is 3.66. The molecule has 2 aromatic rings. The zero-order chi connectivity index (χ0) is 14.4. The predicted octanol–water partition coefficient (Wildman–Crippen LogP) is 3.34. The molecule has 0 aliphatic carbocycles. The van der Waals surface area contributed by atoms with E-state index in [1.165, 1.54) is 11.4 Å². The number of rotatable bonds is 1. The zero-order valence-electron chi connectivity index (χ0n) is 12.9. The van der Waals surface area contributed by atoms with Crippen molar-refractivity contribution in [1.29, 1.82) is 0 Å². The quantitative estimate of drug-likeness (QED) is 0.563. The van der Waals surface area contributed by atoms with Crippen LogP contribution in [-0.2, 0) is 11.1 Å². The number of nitrogens with zero attached hydrogens (tertiary/aromatic N) is 2. The molecule has 0 spiro atoms. The minimum Gasteiger partial charge on any atom is -0.426 e. The van der Waals surface area contributed by atoms with Gasteiger partial charge in [0.05, 0.1) is 8.40 Å². The summed E-state index contributed by atoms with van der Waals surface area (Å²) in [4.78, 5) is 0. The van der Waals surface area contributed by atoms with E-state index < -0.39 is 8.40 Å². The summed E-state index contributed by atoms with van der Waals surface area (Å²) in [6, 6.07) is 10.8. The fourth-order valence-corrected chi connectivity index (χ4v) is 7.93. The number of benzene rings is 1. The van der Waals surface area contributed by atoms with Crippen molar-refractivity contribution in [2.24, 2.45) is 0 Å². The van der Waals surface area contributed by atoms with Crippen LogP contribution in [0.2, 0.25) is 0 Å². The van der Waals surface area contributed by atoms with Gasteiger partial charge in [-0.05, 0) is 53.7 Å². The fourth-order valence-electron chi connectivity index (χ4n) is 2.54. The molecule has 104 valence electrons. The van der Waals surface area contributed by atoms with Crippen molar-refractivity contribution in [3.8, 4) is 11.4 Å². The van der Waals surface area contributed by atoms with Gasteiger partial charge in [-0.15, -0.1) is 0 Å². The second kappa shape index (κ2) is 4.71. The van der Waals surface area contributed by atoms with E-state index in [9.17, 15) is 0 Å². The van der Waals surface area contributed by atoms with Crippen molar-refractivity contribution in [2.75, 3.05) is 0 Å². The third-order valence-electron chi connectivity index (χ3n) is 3.26. The van der Waals surface area contributed by atoms with Crippen molar-refractivity contribution in [2.45, 2.75) is 52.6 Å². The maximum absolute atomic E-state index is 3.08. The first-order chi connectivity index (χ1) is 8.64. The first-order valence-electron chi connectivity index (χ1n) is 6.79. The molecule has 0 saturated heterocycles. The van der Waals surface area contributed by atoms with E-state index >= 15 is 0 Å². The fraction of sp³-hybridized carbons (Fsp3) is 0.533. The highest BCUT2D eigenvalue weighted by molar-refractivity contribution is 7.56. The minimum atomic E-state index is -0.734. The van der Waals surface area contributed by atoms with Crippen molar-refractivity contribution in [1.82, 2.24) is 4.22 Å². The summed E-state index contributed by atoms with van der Waals surface area (Å²) in [5.74, 6) is 1.38. The van der Waals surface area contributed by atoms with E-state index in [-0.39, 0.29) is 11.1 Å². The van der Waals surface area contributed by atoms with Crippen molar-refractivity contribution in [3.63, 3.8) is 0 Å². The van der Waals surface area contributed by atoms with E-state index in [4.69, 9.17) is 0 Å². The lowest BCUT2D eigenvalue weighted by Crippen LogP contribution is -2.68. The Morgan fingerprint density at radius 1 is 1.00 bits per heavy atom. The molecule has 1 atom stereocenters. The third kappa shape index (κ3) is 2.64. The van der Waals surface area contributed by atoms with E-state index in [0.29, 0.717) is 0 Å². The van der Waals surface area contributed by atoms with E-state index in [2.05, 4.69) is 89.1 Å². The van der Waals surface area contributed by atoms with Gasteiger partial charge in [0.15, 0.2) is 5.82 Å². The molecular formula is C15H25N2PSi. The molecule has 2 rings (SSSR count). The average molecular weight is 292 g/mol. The summed E-state index contributed by atoms with van der Waals surface area (Å²) in [6.45, 7) is 13.8. The Morgan fingerprint density at radius 2 is 1.53 bits per heavy atom. The molecular weight excluding hydrogens is 267 g/mol. The van der Waals surface area contributed by atoms with Gasteiger partial charge in [0.1, 0.15) is 0 Å². The zero-order valence-corrected chi connectivity index (χ0v) is 15.0. The minimum absolute atomic E-state index is 0.170. The normalized spacial score (nSPS) is 13.0. The lowest BCUT2D eigenvalue weighted by atomic mass is 10.1.